The van der Waals surface area contributed by atoms with E-state index < -0.39 is 0 Å². The number of hydrogen-bond acceptors (Lipinski definition) is 4. The van der Waals surface area contributed by atoms with Gasteiger partial charge in [-0.25, -0.2) is 5.84 Å². The Labute approximate surface area is 67.6 Å². The van der Waals surface area contributed by atoms with E-state index in [4.69, 9.17) is 10.9 Å². The highest BCUT2D eigenvalue weighted by Gasteiger charge is 2.05. The van der Waals surface area contributed by atoms with Crippen molar-refractivity contribution in [2.75, 3.05) is 0 Å². The SMILES string of the molecule is NNC(=O)c1ccc(CO)s1. The van der Waals surface area contributed by atoms with E-state index in [-0.39, 0.29) is 12.5 Å². The second-order valence-electron chi connectivity index (χ2n) is 1.90. The molecule has 60 valence electrons. The number of hydrazine groups is 1. The predicted molar refractivity (Wildman–Crippen MR) is 41.9 cm³/mol. The van der Waals surface area contributed by atoms with Crippen molar-refractivity contribution in [3.05, 3.63) is 21.9 Å². The van der Waals surface area contributed by atoms with Gasteiger partial charge in [0.15, 0.2) is 0 Å². The first-order valence-corrected chi connectivity index (χ1v) is 3.80. The third kappa shape index (κ3) is 1.76. The Kier molecular flexibility index (Phi) is 2.58. The average molecular weight is 172 g/mol. The van der Waals surface area contributed by atoms with Crippen LogP contribution in [0.2, 0.25) is 0 Å². The first kappa shape index (κ1) is 8.19. The molecule has 1 aromatic heterocycles. The molecule has 1 rings (SSSR count). The van der Waals surface area contributed by atoms with Gasteiger partial charge in [0, 0.05) is 4.88 Å². The van der Waals surface area contributed by atoms with Gasteiger partial charge in [0.2, 0.25) is 0 Å². The lowest BCUT2D eigenvalue weighted by molar-refractivity contribution is 0.0957. The summed E-state index contributed by atoms with van der Waals surface area (Å²) in [6.45, 7) is -0.0392. The van der Waals surface area contributed by atoms with Crippen molar-refractivity contribution in [1.82, 2.24) is 5.43 Å². The maximum absolute atomic E-state index is 10.8. The Bertz CT molecular complexity index is 259. The molecule has 1 amide bonds. The quantitative estimate of drug-likeness (QED) is 0.330. The molecule has 0 saturated heterocycles. The van der Waals surface area contributed by atoms with Crippen LogP contribution < -0.4 is 11.3 Å². The largest absolute Gasteiger partial charge is 0.391 e. The molecular formula is C6H8N2O2S. The zero-order chi connectivity index (χ0) is 8.27. The number of aliphatic hydroxyl groups excluding tert-OH is 1. The van der Waals surface area contributed by atoms with E-state index in [0.717, 1.165) is 4.88 Å². The molecule has 0 spiro atoms. The predicted octanol–water partition coefficient (Wildman–Crippen LogP) is -0.156. The molecule has 0 aliphatic heterocycles. The minimum atomic E-state index is -0.324. The third-order valence-corrected chi connectivity index (χ3v) is 2.24. The van der Waals surface area contributed by atoms with Crippen molar-refractivity contribution < 1.29 is 9.90 Å². The Morgan fingerprint density at radius 1 is 1.73 bits per heavy atom. The Balaban J connectivity index is 2.80. The molecule has 0 aromatic carbocycles. The van der Waals surface area contributed by atoms with Crippen LogP contribution in [0.3, 0.4) is 0 Å². The van der Waals surface area contributed by atoms with Gasteiger partial charge in [-0.1, -0.05) is 0 Å². The maximum atomic E-state index is 10.8. The molecule has 0 fully saturated rings. The van der Waals surface area contributed by atoms with Gasteiger partial charge in [-0.15, -0.1) is 11.3 Å². The number of carbonyl (C=O) groups is 1. The summed E-state index contributed by atoms with van der Waals surface area (Å²) < 4.78 is 0. The highest BCUT2D eigenvalue weighted by molar-refractivity contribution is 7.14. The Morgan fingerprint density at radius 2 is 2.45 bits per heavy atom. The van der Waals surface area contributed by atoms with E-state index in [0.29, 0.717) is 4.88 Å². The monoisotopic (exact) mass is 172 g/mol. The Hall–Kier alpha value is -0.910. The van der Waals surface area contributed by atoms with Gasteiger partial charge in [0.05, 0.1) is 11.5 Å². The summed E-state index contributed by atoms with van der Waals surface area (Å²) in [7, 11) is 0. The number of carbonyl (C=O) groups excluding carboxylic acids is 1. The minimum absolute atomic E-state index is 0.0392. The lowest BCUT2D eigenvalue weighted by Crippen LogP contribution is -2.29. The summed E-state index contributed by atoms with van der Waals surface area (Å²) in [4.78, 5) is 12.1. The van der Waals surface area contributed by atoms with Crippen LogP contribution >= 0.6 is 11.3 Å². The van der Waals surface area contributed by atoms with Gasteiger partial charge in [-0.3, -0.25) is 10.2 Å². The van der Waals surface area contributed by atoms with E-state index >= 15 is 0 Å². The van der Waals surface area contributed by atoms with Crippen molar-refractivity contribution in [3.63, 3.8) is 0 Å². The molecule has 0 atom stereocenters. The Morgan fingerprint density at radius 3 is 2.91 bits per heavy atom. The fourth-order valence-electron chi connectivity index (χ4n) is 0.656. The van der Waals surface area contributed by atoms with Crippen LogP contribution in [0.4, 0.5) is 0 Å². The summed E-state index contributed by atoms with van der Waals surface area (Å²) in [6, 6.07) is 3.31. The molecule has 11 heavy (non-hydrogen) atoms. The topological polar surface area (TPSA) is 75.3 Å². The zero-order valence-electron chi connectivity index (χ0n) is 5.70. The number of amides is 1. The first-order chi connectivity index (χ1) is 5.27. The van der Waals surface area contributed by atoms with Crippen LogP contribution in [0.5, 0.6) is 0 Å². The lowest BCUT2D eigenvalue weighted by atomic mass is 10.4. The van der Waals surface area contributed by atoms with Crippen molar-refractivity contribution in [2.45, 2.75) is 6.61 Å². The van der Waals surface area contributed by atoms with E-state index in [1.807, 2.05) is 5.43 Å². The van der Waals surface area contributed by atoms with Crippen molar-refractivity contribution >= 4 is 17.2 Å². The fourth-order valence-corrected chi connectivity index (χ4v) is 1.43. The highest BCUT2D eigenvalue weighted by atomic mass is 32.1. The average Bonchev–Trinajstić information content (AvgIpc) is 2.50. The van der Waals surface area contributed by atoms with E-state index in [9.17, 15) is 4.79 Å². The van der Waals surface area contributed by atoms with Gasteiger partial charge in [-0.2, -0.15) is 0 Å². The molecule has 0 aliphatic carbocycles. The summed E-state index contributed by atoms with van der Waals surface area (Å²) in [5, 5.41) is 8.65. The fraction of sp³-hybridized carbons (Fsp3) is 0.167. The van der Waals surface area contributed by atoms with Crippen LogP contribution in [0, 0.1) is 0 Å². The molecule has 4 N–H and O–H groups in total. The highest BCUT2D eigenvalue weighted by Crippen LogP contribution is 2.15. The summed E-state index contributed by atoms with van der Waals surface area (Å²) in [6.07, 6.45) is 0. The number of nitrogens with one attached hydrogen (secondary N) is 1. The third-order valence-electron chi connectivity index (χ3n) is 1.17. The molecule has 0 radical (unpaired) electrons. The number of hydrogen-bond donors (Lipinski definition) is 3. The van der Waals surface area contributed by atoms with Crippen LogP contribution in [-0.2, 0) is 6.61 Å². The number of rotatable bonds is 2. The normalized spacial score (nSPS) is 9.64. The molecule has 1 aromatic rings. The molecule has 0 aliphatic rings. The number of nitrogen functional groups attached to an aromatic ring is 1. The number of nitrogens with two attached hydrogens (primary N) is 1. The van der Waals surface area contributed by atoms with Crippen LogP contribution in [-0.4, -0.2) is 11.0 Å². The maximum Gasteiger partial charge on any atom is 0.275 e. The summed E-state index contributed by atoms with van der Waals surface area (Å²) in [5.74, 6) is 4.58. The van der Waals surface area contributed by atoms with Gasteiger partial charge < -0.3 is 5.11 Å². The second-order valence-corrected chi connectivity index (χ2v) is 3.07. The van der Waals surface area contributed by atoms with Crippen molar-refractivity contribution in [2.24, 2.45) is 5.84 Å². The van der Waals surface area contributed by atoms with E-state index in [2.05, 4.69) is 0 Å². The molecule has 4 nitrogen and oxygen atoms in total. The molecule has 5 heteroatoms. The molecule has 0 bridgehead atoms. The van der Waals surface area contributed by atoms with Crippen molar-refractivity contribution in [3.8, 4) is 0 Å². The van der Waals surface area contributed by atoms with Gasteiger partial charge in [0.1, 0.15) is 0 Å². The minimum Gasteiger partial charge on any atom is -0.391 e. The molecular weight excluding hydrogens is 164 g/mol. The zero-order valence-corrected chi connectivity index (χ0v) is 6.52. The van der Waals surface area contributed by atoms with Crippen LogP contribution in [0.1, 0.15) is 14.5 Å². The van der Waals surface area contributed by atoms with Crippen molar-refractivity contribution in [1.29, 1.82) is 0 Å². The van der Waals surface area contributed by atoms with Gasteiger partial charge >= 0.3 is 0 Å². The standard InChI is InChI=1S/C6H8N2O2S/c7-8-6(10)5-2-1-4(3-9)11-5/h1-2,9H,3,7H2,(H,8,10). The van der Waals surface area contributed by atoms with E-state index in [1.165, 1.54) is 11.3 Å². The van der Waals surface area contributed by atoms with Crippen LogP contribution in [0.15, 0.2) is 12.1 Å². The second kappa shape index (κ2) is 3.47. The molecule has 0 saturated carbocycles. The summed E-state index contributed by atoms with van der Waals surface area (Å²) >= 11 is 1.22. The van der Waals surface area contributed by atoms with E-state index in [1.54, 1.807) is 12.1 Å². The lowest BCUT2D eigenvalue weighted by Gasteiger charge is -1.91. The number of thiophene rings is 1. The first-order valence-electron chi connectivity index (χ1n) is 2.98. The molecule has 0 unspecified atom stereocenters. The van der Waals surface area contributed by atoms with Gasteiger partial charge in [-0.05, 0) is 12.1 Å². The summed E-state index contributed by atoms with van der Waals surface area (Å²) in [5.41, 5.74) is 2.01. The van der Waals surface area contributed by atoms with Gasteiger partial charge in [0.25, 0.3) is 5.91 Å². The molecule has 1 heterocycles. The number of aliphatic hydroxyl groups is 1. The van der Waals surface area contributed by atoms with Crippen LogP contribution in [0.25, 0.3) is 0 Å². The smallest absolute Gasteiger partial charge is 0.275 e.